The van der Waals surface area contributed by atoms with Crippen LogP contribution in [0.5, 0.6) is 0 Å². The minimum Gasteiger partial charge on any atom is -0.342 e. The zero-order valence-electron chi connectivity index (χ0n) is 10.9. The number of hydrogen-bond donors (Lipinski definition) is 1. The van der Waals surface area contributed by atoms with Gasteiger partial charge in [-0.25, -0.2) is 0 Å². The maximum Gasteiger partial charge on any atom is 0.223 e. The lowest BCUT2D eigenvalue weighted by atomic mass is 9.94. The summed E-state index contributed by atoms with van der Waals surface area (Å²) in [7, 11) is 0. The number of hydrogen-bond acceptors (Lipinski definition) is 3. The van der Waals surface area contributed by atoms with Gasteiger partial charge in [0.05, 0.1) is 0 Å². The number of amides is 1. The van der Waals surface area contributed by atoms with Crippen LogP contribution in [-0.4, -0.2) is 54.5 Å². The van der Waals surface area contributed by atoms with E-state index in [1.165, 1.54) is 25.9 Å². The lowest BCUT2D eigenvalue weighted by Crippen LogP contribution is -2.48. The third-order valence-corrected chi connectivity index (χ3v) is 4.16. The minimum absolute atomic E-state index is 0.276. The smallest absolute Gasteiger partial charge is 0.223 e. The summed E-state index contributed by atoms with van der Waals surface area (Å²) in [5.41, 5.74) is 5.97. The average Bonchev–Trinajstić information content (AvgIpc) is 2.82. The van der Waals surface area contributed by atoms with Gasteiger partial charge in [-0.1, -0.05) is 6.92 Å². The summed E-state index contributed by atoms with van der Waals surface area (Å²) in [4.78, 5) is 16.5. The van der Waals surface area contributed by atoms with Gasteiger partial charge in [0.2, 0.25) is 5.91 Å². The maximum absolute atomic E-state index is 12.1. The number of likely N-dealkylation sites (tertiary alicyclic amines) is 2. The maximum atomic E-state index is 12.1. The molecular weight excluding hydrogens is 214 g/mol. The normalized spacial score (nSPS) is 30.8. The van der Waals surface area contributed by atoms with Gasteiger partial charge in [-0.3, -0.25) is 4.79 Å². The number of nitrogens with zero attached hydrogens (tertiary/aromatic N) is 2. The molecule has 4 nitrogen and oxygen atoms in total. The predicted molar refractivity (Wildman–Crippen MR) is 68.6 cm³/mol. The third kappa shape index (κ3) is 3.42. The van der Waals surface area contributed by atoms with Gasteiger partial charge in [0.1, 0.15) is 0 Å². The summed E-state index contributed by atoms with van der Waals surface area (Å²) in [6.45, 7) is 7.13. The molecule has 2 atom stereocenters. The molecule has 2 rings (SSSR count). The molecule has 2 saturated heterocycles. The molecule has 0 aromatic rings. The van der Waals surface area contributed by atoms with E-state index in [0.717, 1.165) is 26.1 Å². The molecule has 2 N–H and O–H groups in total. The van der Waals surface area contributed by atoms with Crippen molar-refractivity contribution in [3.8, 4) is 0 Å². The summed E-state index contributed by atoms with van der Waals surface area (Å²) in [5.74, 6) is 0.759. The molecular formula is C13H25N3O. The summed E-state index contributed by atoms with van der Waals surface area (Å²) in [5, 5.41) is 0. The zero-order chi connectivity index (χ0) is 12.3. The van der Waals surface area contributed by atoms with Crippen molar-refractivity contribution in [2.45, 2.75) is 38.6 Å². The van der Waals surface area contributed by atoms with Crippen molar-refractivity contribution < 1.29 is 4.79 Å². The summed E-state index contributed by atoms with van der Waals surface area (Å²) in [6.07, 6.45) is 4.23. The van der Waals surface area contributed by atoms with Crippen LogP contribution < -0.4 is 5.73 Å². The summed E-state index contributed by atoms with van der Waals surface area (Å²) < 4.78 is 0. The number of piperidine rings is 1. The first-order valence-corrected chi connectivity index (χ1v) is 6.92. The van der Waals surface area contributed by atoms with Crippen LogP contribution in [-0.2, 0) is 4.79 Å². The lowest BCUT2D eigenvalue weighted by molar-refractivity contribution is -0.133. The molecule has 0 bridgehead atoms. The van der Waals surface area contributed by atoms with E-state index in [1.807, 2.05) is 4.90 Å². The monoisotopic (exact) mass is 239 g/mol. The van der Waals surface area contributed by atoms with Crippen LogP contribution in [0.4, 0.5) is 0 Å². The molecule has 0 spiro atoms. The first kappa shape index (κ1) is 12.8. The Balaban J connectivity index is 1.72. The molecule has 98 valence electrons. The second kappa shape index (κ2) is 5.83. The Hall–Kier alpha value is -0.610. The molecule has 1 amide bonds. The Morgan fingerprint density at radius 3 is 2.65 bits per heavy atom. The Morgan fingerprint density at radius 1 is 1.29 bits per heavy atom. The topological polar surface area (TPSA) is 49.6 Å². The fourth-order valence-electron chi connectivity index (χ4n) is 2.81. The standard InChI is InChI=1S/C13H25N3O/c1-11-10-16(9-4-12(11)14)13(17)5-8-15-6-2-3-7-15/h11-12H,2-10,14H2,1H3. The molecule has 17 heavy (non-hydrogen) atoms. The predicted octanol–water partition coefficient (Wildman–Crippen LogP) is 0.668. The molecule has 2 heterocycles. The van der Waals surface area contributed by atoms with Gasteiger partial charge in [0, 0.05) is 32.1 Å². The van der Waals surface area contributed by atoms with E-state index in [-0.39, 0.29) is 6.04 Å². The highest BCUT2D eigenvalue weighted by molar-refractivity contribution is 5.76. The number of rotatable bonds is 3. The summed E-state index contributed by atoms with van der Waals surface area (Å²) >= 11 is 0. The molecule has 0 radical (unpaired) electrons. The van der Waals surface area contributed by atoms with Crippen molar-refractivity contribution >= 4 is 5.91 Å². The Morgan fingerprint density at radius 2 is 2.00 bits per heavy atom. The first-order valence-electron chi connectivity index (χ1n) is 6.92. The van der Waals surface area contributed by atoms with E-state index in [1.54, 1.807) is 0 Å². The van der Waals surface area contributed by atoms with E-state index in [0.29, 0.717) is 18.2 Å². The van der Waals surface area contributed by atoms with E-state index < -0.39 is 0 Å². The number of nitrogens with two attached hydrogens (primary N) is 1. The van der Waals surface area contributed by atoms with Crippen LogP contribution in [0.1, 0.15) is 32.6 Å². The molecule has 0 aromatic carbocycles. The van der Waals surface area contributed by atoms with Gasteiger partial charge < -0.3 is 15.5 Å². The van der Waals surface area contributed by atoms with Crippen molar-refractivity contribution in [3.63, 3.8) is 0 Å². The van der Waals surface area contributed by atoms with Gasteiger partial charge in [-0.05, 0) is 38.3 Å². The van der Waals surface area contributed by atoms with Crippen LogP contribution in [0, 0.1) is 5.92 Å². The highest BCUT2D eigenvalue weighted by Gasteiger charge is 2.26. The van der Waals surface area contributed by atoms with Gasteiger partial charge in [-0.15, -0.1) is 0 Å². The molecule has 2 fully saturated rings. The quantitative estimate of drug-likeness (QED) is 0.787. The second-order valence-electron chi connectivity index (χ2n) is 5.57. The molecule has 0 aliphatic carbocycles. The molecule has 0 aromatic heterocycles. The largest absolute Gasteiger partial charge is 0.342 e. The van der Waals surface area contributed by atoms with Crippen molar-refractivity contribution in [1.82, 2.24) is 9.80 Å². The second-order valence-corrected chi connectivity index (χ2v) is 5.57. The van der Waals surface area contributed by atoms with Crippen molar-refractivity contribution in [2.24, 2.45) is 11.7 Å². The SMILES string of the molecule is CC1CN(C(=O)CCN2CCCC2)CCC1N. The van der Waals surface area contributed by atoms with Crippen LogP contribution in [0.2, 0.25) is 0 Å². The zero-order valence-corrected chi connectivity index (χ0v) is 10.9. The molecule has 0 saturated carbocycles. The van der Waals surface area contributed by atoms with Crippen molar-refractivity contribution in [3.05, 3.63) is 0 Å². The molecule has 2 aliphatic heterocycles. The van der Waals surface area contributed by atoms with Crippen LogP contribution in [0.15, 0.2) is 0 Å². The van der Waals surface area contributed by atoms with E-state index in [4.69, 9.17) is 5.73 Å². The van der Waals surface area contributed by atoms with Crippen LogP contribution in [0.3, 0.4) is 0 Å². The van der Waals surface area contributed by atoms with Crippen molar-refractivity contribution in [2.75, 3.05) is 32.7 Å². The number of carbonyl (C=O) groups is 1. The van der Waals surface area contributed by atoms with Crippen LogP contribution >= 0.6 is 0 Å². The van der Waals surface area contributed by atoms with Gasteiger partial charge in [-0.2, -0.15) is 0 Å². The highest BCUT2D eigenvalue weighted by Crippen LogP contribution is 2.16. The lowest BCUT2D eigenvalue weighted by Gasteiger charge is -2.35. The third-order valence-electron chi connectivity index (χ3n) is 4.16. The van der Waals surface area contributed by atoms with Gasteiger partial charge in [0.25, 0.3) is 0 Å². The molecule has 2 unspecified atom stereocenters. The first-order chi connectivity index (χ1) is 8.16. The van der Waals surface area contributed by atoms with Gasteiger partial charge in [0.15, 0.2) is 0 Å². The Labute approximate surface area is 104 Å². The molecule has 4 heteroatoms. The van der Waals surface area contributed by atoms with E-state index in [2.05, 4.69) is 11.8 Å². The van der Waals surface area contributed by atoms with Gasteiger partial charge >= 0.3 is 0 Å². The van der Waals surface area contributed by atoms with E-state index in [9.17, 15) is 4.79 Å². The van der Waals surface area contributed by atoms with E-state index >= 15 is 0 Å². The number of carbonyl (C=O) groups excluding carboxylic acids is 1. The fraction of sp³-hybridized carbons (Fsp3) is 0.923. The highest BCUT2D eigenvalue weighted by atomic mass is 16.2. The Bertz CT molecular complexity index is 263. The van der Waals surface area contributed by atoms with Crippen molar-refractivity contribution in [1.29, 1.82) is 0 Å². The Kier molecular flexibility index (Phi) is 4.40. The minimum atomic E-state index is 0.276. The summed E-state index contributed by atoms with van der Waals surface area (Å²) in [6, 6.07) is 0.276. The van der Waals surface area contributed by atoms with Crippen LogP contribution in [0.25, 0.3) is 0 Å². The molecule has 2 aliphatic rings. The average molecular weight is 239 g/mol. The fourth-order valence-corrected chi connectivity index (χ4v) is 2.81.